The molecule has 0 bridgehead atoms. The second kappa shape index (κ2) is 10.2. The van der Waals surface area contributed by atoms with Crippen molar-refractivity contribution in [3.05, 3.63) is 82.1 Å². The first-order valence-electron chi connectivity index (χ1n) is 12.2. The number of halogens is 1. The molecule has 1 saturated carbocycles. The van der Waals surface area contributed by atoms with Gasteiger partial charge in [-0.15, -0.1) is 0 Å². The van der Waals surface area contributed by atoms with Crippen LogP contribution in [0.15, 0.2) is 65.4 Å². The van der Waals surface area contributed by atoms with Gasteiger partial charge in [-0.25, -0.2) is 5.01 Å². The van der Waals surface area contributed by atoms with Crippen LogP contribution in [0.3, 0.4) is 0 Å². The summed E-state index contributed by atoms with van der Waals surface area (Å²) in [5.41, 5.74) is 4.14. The number of methoxy groups -OCH3 is 2. The number of carbonyl (C=O) groups is 1. The number of nitrogens with zero attached hydrogens (tertiary/aromatic N) is 4. The Morgan fingerprint density at radius 2 is 1.83 bits per heavy atom. The quantitative estimate of drug-likeness (QED) is 0.412. The molecular weight excluding hydrogens is 476 g/mol. The number of amides is 1. The Bertz CT molecular complexity index is 1350. The number of ether oxygens (including phenoxy) is 2. The van der Waals surface area contributed by atoms with E-state index in [4.69, 9.17) is 26.2 Å². The minimum atomic E-state index is -0.326. The van der Waals surface area contributed by atoms with Crippen LogP contribution in [0.4, 0.5) is 0 Å². The molecule has 2 aliphatic rings. The average Bonchev–Trinajstić information content (AvgIpc) is 3.49. The number of carbonyl (C=O) groups excluding carboxylic acids is 1. The fourth-order valence-corrected chi connectivity index (χ4v) is 5.40. The summed E-state index contributed by atoms with van der Waals surface area (Å²) in [7, 11) is 3.32. The number of fused-ring (bicyclic) bond motifs is 1. The number of aryl methyl sites for hydroxylation is 1. The van der Waals surface area contributed by atoms with Crippen molar-refractivity contribution in [2.24, 2.45) is 11.0 Å². The first kappa shape index (κ1) is 24.1. The van der Waals surface area contributed by atoms with E-state index in [1.54, 1.807) is 30.1 Å². The van der Waals surface area contributed by atoms with Crippen LogP contribution in [0.1, 0.15) is 53.8 Å². The van der Waals surface area contributed by atoms with E-state index in [1.165, 1.54) is 0 Å². The molecule has 2 atom stereocenters. The average molecular weight is 505 g/mol. The number of hydrogen-bond acceptors (Lipinski definition) is 5. The van der Waals surface area contributed by atoms with Crippen molar-refractivity contribution in [2.75, 3.05) is 14.2 Å². The highest BCUT2D eigenvalue weighted by molar-refractivity contribution is 6.33. The van der Waals surface area contributed by atoms with Gasteiger partial charge in [-0.1, -0.05) is 48.0 Å². The van der Waals surface area contributed by atoms with Crippen LogP contribution in [0, 0.1) is 5.92 Å². The minimum absolute atomic E-state index is 0.0204. The van der Waals surface area contributed by atoms with Crippen molar-refractivity contribution in [1.82, 2.24) is 14.8 Å². The van der Waals surface area contributed by atoms with Gasteiger partial charge >= 0.3 is 0 Å². The van der Waals surface area contributed by atoms with Crippen LogP contribution in [0.25, 0.3) is 6.08 Å². The SMILES string of the molecule is CCn1cc(Cl)c(C(=O)N2N=C3/C(=C\c4ccccc4OC)CCC[C@@H]3[C@H]2c2ccccc2OC)n1. The lowest BCUT2D eigenvalue weighted by Crippen LogP contribution is -2.32. The zero-order valence-corrected chi connectivity index (χ0v) is 21.4. The van der Waals surface area contributed by atoms with Crippen LogP contribution >= 0.6 is 11.6 Å². The van der Waals surface area contributed by atoms with Gasteiger partial charge in [-0.3, -0.25) is 9.48 Å². The van der Waals surface area contributed by atoms with Gasteiger partial charge < -0.3 is 9.47 Å². The van der Waals surface area contributed by atoms with E-state index in [2.05, 4.69) is 11.2 Å². The van der Waals surface area contributed by atoms with Crippen LogP contribution in [0.5, 0.6) is 11.5 Å². The number of para-hydroxylation sites is 2. The Morgan fingerprint density at radius 1 is 1.11 bits per heavy atom. The normalized spacial score (nSPS) is 20.3. The summed E-state index contributed by atoms with van der Waals surface area (Å²) in [6, 6.07) is 15.4. The number of allylic oxidation sites excluding steroid dienone is 1. The molecule has 1 amide bonds. The van der Waals surface area contributed by atoms with E-state index < -0.39 is 0 Å². The Labute approximate surface area is 216 Å². The zero-order valence-electron chi connectivity index (χ0n) is 20.6. The van der Waals surface area contributed by atoms with Gasteiger partial charge in [0.05, 0.1) is 31.0 Å². The number of rotatable bonds is 6. The van der Waals surface area contributed by atoms with Crippen LogP contribution < -0.4 is 9.47 Å². The van der Waals surface area contributed by atoms with Gasteiger partial charge in [-0.2, -0.15) is 10.2 Å². The van der Waals surface area contributed by atoms with E-state index in [1.807, 2.05) is 55.5 Å². The number of aromatic nitrogens is 2. The minimum Gasteiger partial charge on any atom is -0.496 e. The summed E-state index contributed by atoms with van der Waals surface area (Å²) in [6.45, 7) is 2.57. The van der Waals surface area contributed by atoms with E-state index >= 15 is 0 Å². The molecule has 1 fully saturated rings. The van der Waals surface area contributed by atoms with Crippen LogP contribution in [0.2, 0.25) is 5.02 Å². The van der Waals surface area contributed by atoms with E-state index in [0.717, 1.165) is 53.2 Å². The van der Waals surface area contributed by atoms with Crippen LogP contribution in [-0.4, -0.2) is 40.6 Å². The van der Waals surface area contributed by atoms with Gasteiger partial charge in [0, 0.05) is 29.8 Å². The highest BCUT2D eigenvalue weighted by Crippen LogP contribution is 2.47. The van der Waals surface area contributed by atoms with E-state index in [-0.39, 0.29) is 23.6 Å². The molecule has 7 nitrogen and oxygen atoms in total. The maximum Gasteiger partial charge on any atom is 0.296 e. The van der Waals surface area contributed by atoms with Gasteiger partial charge in [-0.05, 0) is 50.0 Å². The number of hydrogen-bond donors (Lipinski definition) is 0. The molecule has 2 heterocycles. The molecule has 5 rings (SSSR count). The third kappa shape index (κ3) is 4.28. The second-order valence-electron chi connectivity index (χ2n) is 8.91. The lowest BCUT2D eigenvalue weighted by atomic mass is 9.77. The van der Waals surface area contributed by atoms with Crippen molar-refractivity contribution in [3.8, 4) is 11.5 Å². The molecule has 0 unspecified atom stereocenters. The first-order chi connectivity index (χ1) is 17.5. The van der Waals surface area contributed by atoms with Crippen molar-refractivity contribution in [1.29, 1.82) is 0 Å². The number of hydrazone groups is 1. The Hall–Kier alpha value is -3.58. The fourth-order valence-electron chi connectivity index (χ4n) is 5.17. The lowest BCUT2D eigenvalue weighted by molar-refractivity contribution is 0.0671. The summed E-state index contributed by atoms with van der Waals surface area (Å²) < 4.78 is 12.9. The standard InChI is InChI=1S/C28H29ClN4O3/c1-4-32-17-22(29)26(30-32)28(34)33-27(20-12-6-8-15-24(20)36-3)21-13-9-11-19(25(21)31-33)16-18-10-5-7-14-23(18)35-2/h5-8,10,12,14-17,21,27H,4,9,11,13H2,1-3H3/b19-16-/t21-,27+/m0/s1. The van der Waals surface area contributed by atoms with Crippen molar-refractivity contribution < 1.29 is 14.3 Å². The van der Waals surface area contributed by atoms with Gasteiger partial charge in [0.1, 0.15) is 11.5 Å². The second-order valence-corrected chi connectivity index (χ2v) is 9.32. The lowest BCUT2D eigenvalue weighted by Gasteiger charge is -2.30. The smallest absolute Gasteiger partial charge is 0.296 e. The van der Waals surface area contributed by atoms with Gasteiger partial charge in [0.2, 0.25) is 0 Å². The molecule has 1 aliphatic carbocycles. The molecule has 1 aliphatic heterocycles. The van der Waals surface area contributed by atoms with Crippen LogP contribution in [-0.2, 0) is 6.54 Å². The molecule has 2 aromatic carbocycles. The Balaban J connectivity index is 1.63. The maximum atomic E-state index is 13.9. The van der Waals surface area contributed by atoms with Crippen molar-refractivity contribution in [2.45, 2.75) is 38.8 Å². The van der Waals surface area contributed by atoms with Crippen molar-refractivity contribution in [3.63, 3.8) is 0 Å². The molecule has 1 aromatic heterocycles. The van der Waals surface area contributed by atoms with E-state index in [0.29, 0.717) is 11.6 Å². The topological polar surface area (TPSA) is 69.0 Å². The fraction of sp³-hybridized carbons (Fsp3) is 0.321. The van der Waals surface area contributed by atoms with Gasteiger partial charge in [0.15, 0.2) is 5.69 Å². The Morgan fingerprint density at radius 3 is 2.56 bits per heavy atom. The molecular formula is C28H29ClN4O3. The first-order valence-corrected chi connectivity index (χ1v) is 12.5. The molecule has 8 heteroatoms. The molecule has 0 spiro atoms. The molecule has 3 aromatic rings. The molecule has 186 valence electrons. The molecule has 36 heavy (non-hydrogen) atoms. The highest BCUT2D eigenvalue weighted by atomic mass is 35.5. The summed E-state index contributed by atoms with van der Waals surface area (Å²) in [6.07, 6.45) is 6.58. The van der Waals surface area contributed by atoms with E-state index in [9.17, 15) is 4.79 Å². The number of benzene rings is 2. The van der Waals surface area contributed by atoms with Gasteiger partial charge in [0.25, 0.3) is 5.91 Å². The predicted molar refractivity (Wildman–Crippen MR) is 141 cm³/mol. The third-order valence-electron chi connectivity index (χ3n) is 6.88. The maximum absolute atomic E-state index is 13.9. The molecule has 0 N–H and O–H groups in total. The summed E-state index contributed by atoms with van der Waals surface area (Å²) in [5.74, 6) is 1.23. The highest BCUT2D eigenvalue weighted by Gasteiger charge is 2.45. The zero-order chi connectivity index (χ0) is 25.2. The summed E-state index contributed by atoms with van der Waals surface area (Å²) >= 11 is 6.44. The Kier molecular flexibility index (Phi) is 6.83. The monoisotopic (exact) mass is 504 g/mol. The summed E-state index contributed by atoms with van der Waals surface area (Å²) in [4.78, 5) is 13.9. The molecule has 0 saturated heterocycles. The summed E-state index contributed by atoms with van der Waals surface area (Å²) in [5, 5.41) is 11.3. The van der Waals surface area contributed by atoms with Crippen molar-refractivity contribution >= 4 is 29.3 Å². The predicted octanol–water partition coefficient (Wildman–Crippen LogP) is 6.01. The largest absolute Gasteiger partial charge is 0.496 e. The molecule has 0 radical (unpaired) electrons. The third-order valence-corrected chi connectivity index (χ3v) is 7.16.